The molecular formula is C24H23Cl2N5O. The minimum atomic E-state index is -0.0413. The molecule has 1 N–H and O–H groups in total. The first kappa shape index (κ1) is 22.2. The van der Waals surface area contributed by atoms with Crippen molar-refractivity contribution < 1.29 is 4.79 Å². The Hall–Kier alpha value is -2.96. The van der Waals surface area contributed by atoms with Gasteiger partial charge in [-0.15, -0.1) is 5.10 Å². The number of hydrogen-bond donors (Lipinski definition) is 1. The minimum absolute atomic E-state index is 0.0413. The van der Waals surface area contributed by atoms with Crippen molar-refractivity contribution in [1.29, 1.82) is 0 Å². The molecule has 2 aromatic heterocycles. The van der Waals surface area contributed by atoms with Crippen molar-refractivity contribution in [2.24, 2.45) is 0 Å². The number of halogens is 2. The van der Waals surface area contributed by atoms with Crippen LogP contribution < -0.4 is 5.32 Å². The van der Waals surface area contributed by atoms with E-state index < -0.39 is 0 Å². The number of rotatable bonds is 6. The van der Waals surface area contributed by atoms with E-state index in [4.69, 9.17) is 23.2 Å². The summed E-state index contributed by atoms with van der Waals surface area (Å²) < 4.78 is 1.70. The van der Waals surface area contributed by atoms with Crippen LogP contribution in [0, 0.1) is 13.8 Å². The Morgan fingerprint density at radius 2 is 1.81 bits per heavy atom. The molecule has 32 heavy (non-hydrogen) atoms. The smallest absolute Gasteiger partial charge is 0.253 e. The average molecular weight is 468 g/mol. The molecule has 0 unspecified atom stereocenters. The van der Waals surface area contributed by atoms with E-state index in [-0.39, 0.29) is 5.91 Å². The van der Waals surface area contributed by atoms with Gasteiger partial charge in [-0.25, -0.2) is 9.50 Å². The maximum absolute atomic E-state index is 12.5. The Morgan fingerprint density at radius 1 is 1.06 bits per heavy atom. The summed E-state index contributed by atoms with van der Waals surface area (Å²) in [6.45, 7) is 5.99. The van der Waals surface area contributed by atoms with E-state index in [1.54, 1.807) is 22.7 Å². The second-order valence-electron chi connectivity index (χ2n) is 7.63. The van der Waals surface area contributed by atoms with Gasteiger partial charge in [0.2, 0.25) is 5.91 Å². The highest BCUT2D eigenvalue weighted by molar-refractivity contribution is 6.36. The molecule has 0 aliphatic rings. The number of aryl methyl sites for hydroxylation is 3. The first-order valence-electron chi connectivity index (χ1n) is 10.4. The van der Waals surface area contributed by atoms with Crippen LogP contribution in [0.3, 0.4) is 0 Å². The van der Waals surface area contributed by atoms with Crippen LogP contribution in [-0.2, 0) is 17.6 Å². The molecule has 0 bridgehead atoms. The largest absolute Gasteiger partial charge is 0.326 e. The fourth-order valence-corrected chi connectivity index (χ4v) is 4.13. The number of nitrogens with one attached hydrogen (secondary N) is 1. The molecule has 2 aromatic carbocycles. The van der Waals surface area contributed by atoms with E-state index in [1.807, 2.05) is 38.1 Å². The van der Waals surface area contributed by atoms with Gasteiger partial charge >= 0.3 is 0 Å². The van der Waals surface area contributed by atoms with Gasteiger partial charge in [-0.3, -0.25) is 4.79 Å². The summed E-state index contributed by atoms with van der Waals surface area (Å²) in [4.78, 5) is 21.6. The van der Waals surface area contributed by atoms with Crippen molar-refractivity contribution in [1.82, 2.24) is 19.6 Å². The van der Waals surface area contributed by atoms with E-state index in [9.17, 15) is 4.79 Å². The molecule has 4 aromatic rings. The number of nitrogens with zero attached hydrogens (tertiary/aromatic N) is 4. The van der Waals surface area contributed by atoms with Crippen molar-refractivity contribution in [2.75, 3.05) is 5.32 Å². The number of fused-ring (bicyclic) bond motifs is 1. The SMILES string of the molecule is CCc1ccc(NC(=O)CCc2c(C)nc3nc(-c4ccc(Cl)cc4Cl)nn3c2C)cc1. The van der Waals surface area contributed by atoms with Gasteiger partial charge in [-0.2, -0.15) is 4.98 Å². The van der Waals surface area contributed by atoms with Crippen molar-refractivity contribution in [2.45, 2.75) is 40.0 Å². The highest BCUT2D eigenvalue weighted by Gasteiger charge is 2.17. The predicted molar refractivity (Wildman–Crippen MR) is 128 cm³/mol. The summed E-state index contributed by atoms with van der Waals surface area (Å²) >= 11 is 12.3. The normalized spacial score (nSPS) is 11.2. The number of benzene rings is 2. The molecule has 0 aliphatic heterocycles. The lowest BCUT2D eigenvalue weighted by atomic mass is 10.1. The maximum Gasteiger partial charge on any atom is 0.253 e. The standard InChI is InChI=1S/C24H23Cl2N5O/c1-4-16-5-8-18(9-6-16)28-22(32)12-11-19-14(2)27-24-29-23(30-31(24)15(19)3)20-10-7-17(25)13-21(20)26/h5-10,13H,4,11-12H2,1-3H3,(H,28,32). The van der Waals surface area contributed by atoms with Gasteiger partial charge in [-0.05, 0) is 68.1 Å². The Morgan fingerprint density at radius 3 is 2.50 bits per heavy atom. The van der Waals surface area contributed by atoms with Gasteiger partial charge in [-0.1, -0.05) is 42.3 Å². The number of carbonyl (C=O) groups is 1. The number of amides is 1. The van der Waals surface area contributed by atoms with Gasteiger partial charge in [0.15, 0.2) is 5.82 Å². The second-order valence-corrected chi connectivity index (χ2v) is 8.47. The zero-order valence-corrected chi connectivity index (χ0v) is 19.6. The summed E-state index contributed by atoms with van der Waals surface area (Å²) in [5.74, 6) is 0.928. The summed E-state index contributed by atoms with van der Waals surface area (Å²) in [5.41, 5.74) is 5.43. The minimum Gasteiger partial charge on any atom is -0.326 e. The second kappa shape index (κ2) is 9.27. The van der Waals surface area contributed by atoms with Crippen LogP contribution in [0.4, 0.5) is 5.69 Å². The van der Waals surface area contributed by atoms with Gasteiger partial charge in [0.1, 0.15) is 0 Å². The predicted octanol–water partition coefficient (Wildman–Crippen LogP) is 5.85. The first-order chi connectivity index (χ1) is 15.4. The number of carbonyl (C=O) groups excluding carboxylic acids is 1. The highest BCUT2D eigenvalue weighted by Crippen LogP contribution is 2.29. The number of anilines is 1. The molecule has 2 heterocycles. The van der Waals surface area contributed by atoms with Gasteiger partial charge < -0.3 is 5.32 Å². The first-order valence-corrected chi connectivity index (χ1v) is 11.2. The molecule has 164 valence electrons. The van der Waals surface area contributed by atoms with E-state index in [0.29, 0.717) is 40.1 Å². The molecule has 4 rings (SSSR count). The Balaban J connectivity index is 1.54. The molecule has 0 aliphatic carbocycles. The lowest BCUT2D eigenvalue weighted by molar-refractivity contribution is -0.116. The topological polar surface area (TPSA) is 72.2 Å². The van der Waals surface area contributed by atoms with E-state index in [1.165, 1.54) is 5.56 Å². The molecule has 6 nitrogen and oxygen atoms in total. The van der Waals surface area contributed by atoms with Crippen molar-refractivity contribution in [3.8, 4) is 11.4 Å². The van der Waals surface area contributed by atoms with Crippen LogP contribution in [0.25, 0.3) is 17.2 Å². The fraction of sp³-hybridized carbons (Fsp3) is 0.250. The van der Waals surface area contributed by atoms with Crippen LogP contribution in [0.2, 0.25) is 10.0 Å². The summed E-state index contributed by atoms with van der Waals surface area (Å²) in [6.07, 6.45) is 1.86. The van der Waals surface area contributed by atoms with Crippen molar-refractivity contribution in [3.63, 3.8) is 0 Å². The molecule has 0 saturated heterocycles. The third kappa shape index (κ3) is 4.61. The maximum atomic E-state index is 12.5. The Bertz CT molecular complexity index is 1300. The van der Waals surface area contributed by atoms with Crippen molar-refractivity contribution >= 4 is 40.6 Å². The lowest BCUT2D eigenvalue weighted by Crippen LogP contribution is -2.14. The average Bonchev–Trinajstić information content (AvgIpc) is 3.18. The Labute approximate surface area is 196 Å². The van der Waals surface area contributed by atoms with Crippen LogP contribution in [0.1, 0.15) is 35.9 Å². The van der Waals surface area contributed by atoms with E-state index in [0.717, 1.165) is 29.1 Å². The molecule has 1 amide bonds. The van der Waals surface area contributed by atoms with Gasteiger partial charge in [0.25, 0.3) is 5.78 Å². The molecule has 0 saturated carbocycles. The molecule has 0 spiro atoms. The van der Waals surface area contributed by atoms with Crippen LogP contribution in [0.15, 0.2) is 42.5 Å². The molecule has 8 heteroatoms. The molecule has 0 fully saturated rings. The van der Waals surface area contributed by atoms with Crippen molar-refractivity contribution in [3.05, 3.63) is 75.0 Å². The molecular weight excluding hydrogens is 445 g/mol. The van der Waals surface area contributed by atoms with E-state index >= 15 is 0 Å². The lowest BCUT2D eigenvalue weighted by Gasteiger charge is -2.11. The third-order valence-corrected chi connectivity index (χ3v) is 6.02. The quantitative estimate of drug-likeness (QED) is 0.386. The van der Waals surface area contributed by atoms with Gasteiger partial charge in [0.05, 0.1) is 5.02 Å². The zero-order valence-electron chi connectivity index (χ0n) is 18.1. The summed E-state index contributed by atoms with van der Waals surface area (Å²) in [7, 11) is 0. The summed E-state index contributed by atoms with van der Waals surface area (Å²) in [6, 6.07) is 13.1. The van der Waals surface area contributed by atoms with Crippen LogP contribution >= 0.6 is 23.2 Å². The van der Waals surface area contributed by atoms with Crippen LogP contribution in [-0.4, -0.2) is 25.5 Å². The Kier molecular flexibility index (Phi) is 6.44. The third-order valence-electron chi connectivity index (χ3n) is 5.47. The van der Waals surface area contributed by atoms with E-state index in [2.05, 4.69) is 27.3 Å². The molecule has 0 radical (unpaired) electrons. The monoisotopic (exact) mass is 467 g/mol. The highest BCUT2D eigenvalue weighted by atomic mass is 35.5. The van der Waals surface area contributed by atoms with Gasteiger partial charge in [0, 0.05) is 34.1 Å². The number of aromatic nitrogens is 4. The molecule has 0 atom stereocenters. The summed E-state index contributed by atoms with van der Waals surface area (Å²) in [5, 5.41) is 8.59. The van der Waals surface area contributed by atoms with Crippen LogP contribution in [0.5, 0.6) is 0 Å². The zero-order chi connectivity index (χ0) is 22.8. The number of hydrogen-bond acceptors (Lipinski definition) is 4. The fourth-order valence-electron chi connectivity index (χ4n) is 3.64.